The van der Waals surface area contributed by atoms with Crippen molar-refractivity contribution < 1.29 is 4.52 Å². The molecule has 0 saturated carbocycles. The van der Waals surface area contributed by atoms with Crippen molar-refractivity contribution in [2.75, 3.05) is 18.0 Å². The van der Waals surface area contributed by atoms with Crippen molar-refractivity contribution in [1.82, 2.24) is 24.9 Å². The maximum atomic E-state index is 5.25. The third-order valence-corrected chi connectivity index (χ3v) is 5.39. The molecular weight excluding hydrogens is 360 g/mol. The van der Waals surface area contributed by atoms with Crippen LogP contribution in [-0.4, -0.2) is 38.0 Å². The van der Waals surface area contributed by atoms with E-state index in [9.17, 15) is 0 Å². The summed E-state index contributed by atoms with van der Waals surface area (Å²) in [6, 6.07) is 8.52. The van der Waals surface area contributed by atoms with Crippen LogP contribution in [0.1, 0.15) is 39.4 Å². The van der Waals surface area contributed by atoms with Gasteiger partial charge in [0.15, 0.2) is 16.8 Å². The molecule has 0 aliphatic heterocycles. The van der Waals surface area contributed by atoms with Crippen LogP contribution in [-0.2, 0) is 18.7 Å². The van der Waals surface area contributed by atoms with Gasteiger partial charge in [-0.3, -0.25) is 0 Å². The standard InChI is InChI=1S/C19H26N6OS/c1-5-16-20-17(26-23-16)13-27-19-22-21-18(25(19)8-4)14-9-11-15(12-10-14)24(6-2)7-3/h9-12H,5-8,13H2,1-4H3. The van der Waals surface area contributed by atoms with Crippen LogP contribution in [0.3, 0.4) is 0 Å². The summed E-state index contributed by atoms with van der Waals surface area (Å²) in [6.07, 6.45) is 0.771. The summed E-state index contributed by atoms with van der Waals surface area (Å²) in [7, 11) is 0. The lowest BCUT2D eigenvalue weighted by atomic mass is 10.2. The second-order valence-electron chi connectivity index (χ2n) is 6.02. The van der Waals surface area contributed by atoms with E-state index >= 15 is 0 Å². The van der Waals surface area contributed by atoms with Crippen molar-refractivity contribution in [3.8, 4) is 11.4 Å². The molecule has 0 saturated heterocycles. The first-order valence-electron chi connectivity index (χ1n) is 9.42. The van der Waals surface area contributed by atoms with Crippen molar-refractivity contribution in [2.45, 2.75) is 51.6 Å². The Labute approximate surface area is 164 Å². The third-order valence-electron chi connectivity index (χ3n) is 4.44. The second kappa shape index (κ2) is 9.03. The number of nitrogens with zero attached hydrogens (tertiary/aromatic N) is 6. The topological polar surface area (TPSA) is 72.9 Å². The number of aromatic nitrogens is 5. The van der Waals surface area contributed by atoms with Crippen LogP contribution in [0.25, 0.3) is 11.4 Å². The highest BCUT2D eigenvalue weighted by Gasteiger charge is 2.15. The van der Waals surface area contributed by atoms with Gasteiger partial charge in [0.25, 0.3) is 0 Å². The summed E-state index contributed by atoms with van der Waals surface area (Å²) in [5.74, 6) is 2.82. The highest BCUT2D eigenvalue weighted by atomic mass is 32.2. The molecule has 2 heterocycles. The van der Waals surface area contributed by atoms with Gasteiger partial charge in [-0.15, -0.1) is 10.2 Å². The van der Waals surface area contributed by atoms with Gasteiger partial charge in [-0.1, -0.05) is 23.8 Å². The number of hydrogen-bond donors (Lipinski definition) is 0. The largest absolute Gasteiger partial charge is 0.372 e. The Morgan fingerprint density at radius 1 is 1.04 bits per heavy atom. The average molecular weight is 387 g/mol. The third kappa shape index (κ3) is 4.32. The van der Waals surface area contributed by atoms with Gasteiger partial charge >= 0.3 is 0 Å². The molecule has 0 N–H and O–H groups in total. The molecule has 1 aromatic carbocycles. The number of aryl methyl sites for hydroxylation is 1. The minimum Gasteiger partial charge on any atom is -0.372 e. The number of benzene rings is 1. The lowest BCUT2D eigenvalue weighted by Crippen LogP contribution is -2.21. The van der Waals surface area contributed by atoms with Crippen molar-refractivity contribution >= 4 is 17.4 Å². The van der Waals surface area contributed by atoms with Crippen molar-refractivity contribution in [3.05, 3.63) is 36.0 Å². The zero-order valence-corrected chi connectivity index (χ0v) is 17.2. The van der Waals surface area contributed by atoms with E-state index < -0.39 is 0 Å². The molecule has 0 fully saturated rings. The number of thioether (sulfide) groups is 1. The Morgan fingerprint density at radius 2 is 1.78 bits per heavy atom. The van der Waals surface area contributed by atoms with E-state index in [-0.39, 0.29) is 0 Å². The van der Waals surface area contributed by atoms with Gasteiger partial charge in [-0.05, 0) is 45.0 Å². The highest BCUT2D eigenvalue weighted by Crippen LogP contribution is 2.27. The minimum atomic E-state index is 0.589. The Balaban J connectivity index is 1.76. The second-order valence-corrected chi connectivity index (χ2v) is 6.96. The zero-order valence-electron chi connectivity index (χ0n) is 16.3. The van der Waals surface area contributed by atoms with Gasteiger partial charge in [-0.25, -0.2) is 0 Å². The summed E-state index contributed by atoms with van der Waals surface area (Å²) >= 11 is 1.56. The lowest BCUT2D eigenvalue weighted by Gasteiger charge is -2.21. The van der Waals surface area contributed by atoms with E-state index in [0.29, 0.717) is 11.6 Å². The van der Waals surface area contributed by atoms with E-state index in [2.05, 4.69) is 74.8 Å². The minimum absolute atomic E-state index is 0.589. The van der Waals surface area contributed by atoms with Crippen molar-refractivity contribution in [1.29, 1.82) is 0 Å². The maximum absolute atomic E-state index is 5.25. The zero-order chi connectivity index (χ0) is 19.2. The summed E-state index contributed by atoms with van der Waals surface area (Å²) in [6.45, 7) is 11.2. The van der Waals surface area contributed by atoms with Crippen LogP contribution < -0.4 is 4.90 Å². The number of anilines is 1. The average Bonchev–Trinajstić information content (AvgIpc) is 3.34. The van der Waals surface area contributed by atoms with Gasteiger partial charge in [0.05, 0.1) is 5.75 Å². The molecule has 8 heteroatoms. The normalized spacial score (nSPS) is 11.1. The van der Waals surface area contributed by atoms with Crippen molar-refractivity contribution in [3.63, 3.8) is 0 Å². The fourth-order valence-electron chi connectivity index (χ4n) is 2.92. The molecule has 7 nitrogen and oxygen atoms in total. The predicted molar refractivity (Wildman–Crippen MR) is 108 cm³/mol. The smallest absolute Gasteiger partial charge is 0.237 e. The van der Waals surface area contributed by atoms with Gasteiger partial charge < -0.3 is 14.0 Å². The first-order valence-corrected chi connectivity index (χ1v) is 10.4. The first-order chi connectivity index (χ1) is 13.2. The Morgan fingerprint density at radius 3 is 2.37 bits per heavy atom. The van der Waals surface area contributed by atoms with E-state index in [1.807, 2.05) is 6.92 Å². The van der Waals surface area contributed by atoms with E-state index in [0.717, 1.165) is 48.4 Å². The van der Waals surface area contributed by atoms with Crippen LogP contribution in [0.2, 0.25) is 0 Å². The predicted octanol–water partition coefficient (Wildman–Crippen LogP) is 4.05. The SMILES string of the molecule is CCc1noc(CSc2nnc(-c3ccc(N(CC)CC)cc3)n2CC)n1. The van der Waals surface area contributed by atoms with Crippen LogP contribution in [0.4, 0.5) is 5.69 Å². The Kier molecular flexibility index (Phi) is 6.49. The fraction of sp³-hybridized carbons (Fsp3) is 0.474. The molecule has 0 atom stereocenters. The fourth-order valence-corrected chi connectivity index (χ4v) is 3.76. The molecule has 0 amide bonds. The van der Waals surface area contributed by atoms with Crippen LogP contribution in [0.15, 0.2) is 33.9 Å². The molecule has 0 radical (unpaired) electrons. The molecule has 0 aliphatic rings. The summed E-state index contributed by atoms with van der Waals surface area (Å²) in [5.41, 5.74) is 2.29. The van der Waals surface area contributed by atoms with Gasteiger partial charge in [0.2, 0.25) is 5.89 Å². The van der Waals surface area contributed by atoms with Gasteiger partial charge in [0, 0.05) is 37.3 Å². The van der Waals surface area contributed by atoms with Gasteiger partial charge in [-0.2, -0.15) is 4.98 Å². The molecule has 0 aliphatic carbocycles. The molecule has 3 rings (SSSR count). The number of rotatable bonds is 9. The molecule has 27 heavy (non-hydrogen) atoms. The van der Waals surface area contributed by atoms with Gasteiger partial charge in [0.1, 0.15) is 0 Å². The van der Waals surface area contributed by atoms with Crippen LogP contribution >= 0.6 is 11.8 Å². The lowest BCUT2D eigenvalue weighted by molar-refractivity contribution is 0.385. The van der Waals surface area contributed by atoms with E-state index in [4.69, 9.17) is 4.52 Å². The molecule has 2 aromatic heterocycles. The molecule has 0 spiro atoms. The quantitative estimate of drug-likeness (QED) is 0.514. The van der Waals surface area contributed by atoms with E-state index in [1.54, 1.807) is 11.8 Å². The summed E-state index contributed by atoms with van der Waals surface area (Å²) < 4.78 is 7.37. The monoisotopic (exact) mass is 386 g/mol. The highest BCUT2D eigenvalue weighted by molar-refractivity contribution is 7.98. The summed E-state index contributed by atoms with van der Waals surface area (Å²) in [4.78, 5) is 6.67. The molecule has 0 bridgehead atoms. The maximum Gasteiger partial charge on any atom is 0.237 e. The van der Waals surface area contributed by atoms with Crippen LogP contribution in [0.5, 0.6) is 0 Å². The Bertz CT molecular complexity index is 853. The number of hydrogen-bond acceptors (Lipinski definition) is 7. The molecule has 3 aromatic rings. The molecule has 0 unspecified atom stereocenters. The molecule has 144 valence electrons. The summed E-state index contributed by atoms with van der Waals surface area (Å²) in [5, 5.41) is 13.6. The van der Waals surface area contributed by atoms with Crippen LogP contribution in [0, 0.1) is 0 Å². The molecular formula is C19H26N6OS. The van der Waals surface area contributed by atoms with Crippen molar-refractivity contribution in [2.24, 2.45) is 0 Å². The Hall–Kier alpha value is -2.35. The first kappa shape index (κ1) is 19.4. The van der Waals surface area contributed by atoms with E-state index in [1.165, 1.54) is 5.69 Å².